The van der Waals surface area contributed by atoms with Crippen molar-refractivity contribution in [3.05, 3.63) is 23.2 Å². The van der Waals surface area contributed by atoms with Gasteiger partial charge in [-0.25, -0.2) is 0 Å². The lowest BCUT2D eigenvalue weighted by atomic mass is 10.0. The maximum Gasteiger partial charge on any atom is 0.0608 e. The number of rotatable bonds is 0. The summed E-state index contributed by atoms with van der Waals surface area (Å²) in [5.41, 5.74) is 2.55. The van der Waals surface area contributed by atoms with Crippen LogP contribution < -0.4 is 10.2 Å². The third kappa shape index (κ3) is 2.05. The molecule has 0 aliphatic carbocycles. The van der Waals surface area contributed by atoms with Crippen LogP contribution in [0.25, 0.3) is 0 Å². The van der Waals surface area contributed by atoms with E-state index in [-0.39, 0.29) is 5.54 Å². The quantitative estimate of drug-likeness (QED) is 0.727. The Bertz CT molecular complexity index is 368. The summed E-state index contributed by atoms with van der Waals surface area (Å²) in [5, 5.41) is 4.17. The average molecular weight is 225 g/mol. The second-order valence-corrected chi connectivity index (χ2v) is 5.35. The Morgan fingerprint density at radius 2 is 2.07 bits per heavy atom. The molecule has 0 spiro atoms. The predicted molar refractivity (Wildman–Crippen MR) is 67.0 cm³/mol. The van der Waals surface area contributed by atoms with Crippen LogP contribution in [0.5, 0.6) is 0 Å². The van der Waals surface area contributed by atoms with Gasteiger partial charge in [0.25, 0.3) is 0 Å². The third-order valence-electron chi connectivity index (χ3n) is 2.71. The first-order chi connectivity index (χ1) is 6.98. The fraction of sp³-hybridized carbons (Fsp3) is 0.500. The molecule has 3 heteroatoms. The Kier molecular flexibility index (Phi) is 2.55. The van der Waals surface area contributed by atoms with Crippen LogP contribution in [-0.2, 0) is 0 Å². The average Bonchev–Trinajstić information content (AvgIpc) is 2.15. The van der Waals surface area contributed by atoms with Gasteiger partial charge in [0.05, 0.1) is 11.4 Å². The highest BCUT2D eigenvalue weighted by Gasteiger charge is 2.26. The largest absolute Gasteiger partial charge is 0.382 e. The van der Waals surface area contributed by atoms with Crippen LogP contribution in [0.15, 0.2) is 18.2 Å². The molecule has 0 atom stereocenters. The minimum Gasteiger partial charge on any atom is -0.382 e. The van der Waals surface area contributed by atoms with Crippen LogP contribution in [0, 0.1) is 0 Å². The van der Waals surface area contributed by atoms with E-state index in [1.54, 1.807) is 0 Å². The molecule has 1 aromatic rings. The Morgan fingerprint density at radius 1 is 1.33 bits per heavy atom. The van der Waals surface area contributed by atoms with Gasteiger partial charge >= 0.3 is 0 Å². The summed E-state index contributed by atoms with van der Waals surface area (Å²) in [6.07, 6.45) is 0. The van der Waals surface area contributed by atoms with Crippen molar-refractivity contribution in [2.75, 3.05) is 23.3 Å². The van der Waals surface area contributed by atoms with Gasteiger partial charge in [-0.3, -0.25) is 0 Å². The first-order valence-electron chi connectivity index (χ1n) is 5.29. The molecular weight excluding hydrogens is 208 g/mol. The first-order valence-corrected chi connectivity index (χ1v) is 5.67. The molecule has 0 unspecified atom stereocenters. The maximum atomic E-state index is 5.98. The fourth-order valence-electron chi connectivity index (χ4n) is 2.00. The van der Waals surface area contributed by atoms with Gasteiger partial charge < -0.3 is 10.2 Å². The monoisotopic (exact) mass is 224 g/mol. The molecule has 0 radical (unpaired) electrons. The number of anilines is 2. The topological polar surface area (TPSA) is 15.3 Å². The van der Waals surface area contributed by atoms with Crippen molar-refractivity contribution >= 4 is 23.0 Å². The lowest BCUT2D eigenvalue weighted by Gasteiger charge is -2.42. The lowest BCUT2D eigenvalue weighted by molar-refractivity contribution is 0.505. The van der Waals surface area contributed by atoms with Crippen LogP contribution in [0.3, 0.4) is 0 Å². The van der Waals surface area contributed by atoms with Crippen molar-refractivity contribution in [3.8, 4) is 0 Å². The summed E-state index contributed by atoms with van der Waals surface area (Å²) in [6.45, 7) is 8.72. The molecule has 2 rings (SSSR count). The van der Waals surface area contributed by atoms with Crippen LogP contribution in [-0.4, -0.2) is 18.6 Å². The van der Waals surface area contributed by atoms with E-state index in [4.69, 9.17) is 11.6 Å². The second-order valence-electron chi connectivity index (χ2n) is 4.91. The zero-order valence-corrected chi connectivity index (χ0v) is 10.2. The standard InChI is InChI=1S/C12H17ClN2/c1-12(2,3)15-7-6-14-10-8-9(13)4-5-11(10)15/h4-5,8,14H,6-7H2,1-3H3. The van der Waals surface area contributed by atoms with Crippen LogP contribution in [0.4, 0.5) is 11.4 Å². The number of halogens is 1. The van der Waals surface area contributed by atoms with Gasteiger partial charge in [-0.05, 0) is 39.0 Å². The molecule has 82 valence electrons. The fourth-order valence-corrected chi connectivity index (χ4v) is 2.18. The Morgan fingerprint density at radius 3 is 2.73 bits per heavy atom. The van der Waals surface area contributed by atoms with Crippen molar-refractivity contribution in [3.63, 3.8) is 0 Å². The summed E-state index contributed by atoms with van der Waals surface area (Å²) in [6, 6.07) is 6.04. The number of nitrogens with one attached hydrogen (secondary N) is 1. The molecule has 0 saturated heterocycles. The molecule has 0 fully saturated rings. The molecule has 0 aromatic heterocycles. The molecule has 15 heavy (non-hydrogen) atoms. The van der Waals surface area contributed by atoms with E-state index in [0.29, 0.717) is 0 Å². The van der Waals surface area contributed by atoms with Gasteiger partial charge in [0, 0.05) is 23.7 Å². The summed E-state index contributed by atoms with van der Waals surface area (Å²) in [5.74, 6) is 0. The van der Waals surface area contributed by atoms with Gasteiger partial charge in [-0.1, -0.05) is 11.6 Å². The third-order valence-corrected chi connectivity index (χ3v) is 2.95. The summed E-state index contributed by atoms with van der Waals surface area (Å²) in [7, 11) is 0. The van der Waals surface area contributed by atoms with E-state index in [9.17, 15) is 0 Å². The highest BCUT2D eigenvalue weighted by atomic mass is 35.5. The number of benzene rings is 1. The van der Waals surface area contributed by atoms with E-state index in [1.807, 2.05) is 12.1 Å². The van der Waals surface area contributed by atoms with E-state index in [0.717, 1.165) is 23.8 Å². The normalized spacial score (nSPS) is 15.9. The number of hydrogen-bond donors (Lipinski definition) is 1. The van der Waals surface area contributed by atoms with Gasteiger partial charge in [-0.2, -0.15) is 0 Å². The summed E-state index contributed by atoms with van der Waals surface area (Å²) < 4.78 is 0. The molecule has 0 bridgehead atoms. The molecule has 1 aliphatic rings. The van der Waals surface area contributed by atoms with Gasteiger partial charge in [0.2, 0.25) is 0 Å². The lowest BCUT2D eigenvalue weighted by Crippen LogP contribution is -2.46. The Hall–Kier alpha value is -0.890. The van der Waals surface area contributed by atoms with Crippen molar-refractivity contribution in [2.24, 2.45) is 0 Å². The van der Waals surface area contributed by atoms with E-state index < -0.39 is 0 Å². The summed E-state index contributed by atoms with van der Waals surface area (Å²) >= 11 is 5.98. The molecule has 1 aromatic carbocycles. The Balaban J connectivity index is 2.43. The highest BCUT2D eigenvalue weighted by molar-refractivity contribution is 6.31. The van der Waals surface area contributed by atoms with Gasteiger partial charge in [0.1, 0.15) is 0 Å². The predicted octanol–water partition coefficient (Wildman–Crippen LogP) is 3.37. The van der Waals surface area contributed by atoms with Gasteiger partial charge in [0.15, 0.2) is 0 Å². The number of nitrogens with zero attached hydrogens (tertiary/aromatic N) is 1. The molecule has 1 aliphatic heterocycles. The second kappa shape index (κ2) is 3.60. The van der Waals surface area contributed by atoms with Crippen LogP contribution >= 0.6 is 11.6 Å². The van der Waals surface area contributed by atoms with Crippen molar-refractivity contribution in [1.29, 1.82) is 0 Å². The zero-order valence-electron chi connectivity index (χ0n) is 9.47. The first kappa shape index (κ1) is 10.6. The Labute approximate surface area is 96.2 Å². The minimum absolute atomic E-state index is 0.157. The molecular formula is C12H17ClN2. The van der Waals surface area contributed by atoms with E-state index >= 15 is 0 Å². The van der Waals surface area contributed by atoms with E-state index in [1.165, 1.54) is 5.69 Å². The molecule has 1 heterocycles. The smallest absolute Gasteiger partial charge is 0.0608 e. The number of fused-ring (bicyclic) bond motifs is 1. The van der Waals surface area contributed by atoms with E-state index in [2.05, 4.69) is 37.1 Å². The molecule has 0 saturated carbocycles. The highest BCUT2D eigenvalue weighted by Crippen LogP contribution is 2.35. The molecule has 2 nitrogen and oxygen atoms in total. The molecule has 1 N–H and O–H groups in total. The minimum atomic E-state index is 0.157. The van der Waals surface area contributed by atoms with Crippen molar-refractivity contribution in [2.45, 2.75) is 26.3 Å². The van der Waals surface area contributed by atoms with Crippen LogP contribution in [0.2, 0.25) is 5.02 Å². The summed E-state index contributed by atoms with van der Waals surface area (Å²) in [4.78, 5) is 2.41. The maximum absolute atomic E-state index is 5.98. The number of hydrogen-bond acceptors (Lipinski definition) is 2. The van der Waals surface area contributed by atoms with Gasteiger partial charge in [-0.15, -0.1) is 0 Å². The SMILES string of the molecule is CC(C)(C)N1CCNc2cc(Cl)ccc21. The van der Waals surface area contributed by atoms with Crippen LogP contribution in [0.1, 0.15) is 20.8 Å². The van der Waals surface area contributed by atoms with Crippen molar-refractivity contribution < 1.29 is 0 Å². The van der Waals surface area contributed by atoms with Crippen molar-refractivity contribution in [1.82, 2.24) is 0 Å². The molecule has 0 amide bonds. The zero-order chi connectivity index (χ0) is 11.1.